The summed E-state index contributed by atoms with van der Waals surface area (Å²) in [6.45, 7) is 1.81. The zero-order chi connectivity index (χ0) is 21.7. The zero-order valence-electron chi connectivity index (χ0n) is 16.4. The first-order valence-corrected chi connectivity index (χ1v) is 10.5. The lowest BCUT2D eigenvalue weighted by Crippen LogP contribution is -2.23. The Kier molecular flexibility index (Phi) is 6.34. The van der Waals surface area contributed by atoms with E-state index in [4.69, 9.17) is 4.42 Å². The molecule has 0 fully saturated rings. The van der Waals surface area contributed by atoms with Gasteiger partial charge in [-0.15, -0.1) is 0 Å². The van der Waals surface area contributed by atoms with Gasteiger partial charge in [-0.3, -0.25) is 9.59 Å². The Morgan fingerprint density at radius 2 is 1.67 bits per heavy atom. The molecule has 0 saturated heterocycles. The fourth-order valence-electron chi connectivity index (χ4n) is 2.73. The number of anilines is 1. The Labute approximate surface area is 174 Å². The van der Waals surface area contributed by atoms with Crippen LogP contribution in [0.5, 0.6) is 0 Å². The van der Waals surface area contributed by atoms with Crippen molar-refractivity contribution in [1.29, 1.82) is 0 Å². The van der Waals surface area contributed by atoms with Crippen molar-refractivity contribution in [2.24, 2.45) is 0 Å². The minimum atomic E-state index is -3.74. The van der Waals surface area contributed by atoms with Crippen LogP contribution in [0, 0.1) is 6.92 Å². The van der Waals surface area contributed by atoms with Crippen molar-refractivity contribution >= 4 is 27.5 Å². The summed E-state index contributed by atoms with van der Waals surface area (Å²) in [4.78, 5) is 24.2. The molecule has 0 bridgehead atoms. The van der Waals surface area contributed by atoms with Gasteiger partial charge in [0.1, 0.15) is 5.76 Å². The van der Waals surface area contributed by atoms with E-state index in [0.717, 1.165) is 5.56 Å². The Morgan fingerprint density at radius 1 is 0.967 bits per heavy atom. The van der Waals surface area contributed by atoms with Crippen molar-refractivity contribution in [2.45, 2.75) is 18.4 Å². The first-order chi connectivity index (χ1) is 14.3. The molecular formula is C21H21N3O5S. The fraction of sp³-hybridized carbons (Fsp3) is 0.143. The van der Waals surface area contributed by atoms with Crippen LogP contribution in [-0.4, -0.2) is 27.3 Å². The summed E-state index contributed by atoms with van der Waals surface area (Å²) in [5.74, 6) is -0.112. The number of aryl methyl sites for hydroxylation is 1. The summed E-state index contributed by atoms with van der Waals surface area (Å²) in [6.07, 6.45) is 1.46. The van der Waals surface area contributed by atoms with E-state index >= 15 is 0 Å². The standard InChI is InChI=1S/C21H21N3O5S/c1-14-12-16(20(25)22-2)7-10-19(14)24-21(26)15-5-8-18(9-6-15)30(27,28)23-13-17-4-3-11-29-17/h3-12,23H,13H2,1-2H3,(H,22,25)(H,24,26). The predicted octanol–water partition coefficient (Wildman–Crippen LogP) is 2.68. The topological polar surface area (TPSA) is 118 Å². The van der Waals surface area contributed by atoms with E-state index in [1.165, 1.54) is 30.5 Å². The monoisotopic (exact) mass is 427 g/mol. The minimum absolute atomic E-state index is 0.0307. The maximum Gasteiger partial charge on any atom is 0.255 e. The molecule has 30 heavy (non-hydrogen) atoms. The van der Waals surface area contributed by atoms with Crippen molar-refractivity contribution in [1.82, 2.24) is 10.0 Å². The Morgan fingerprint density at radius 3 is 2.27 bits per heavy atom. The first-order valence-electron chi connectivity index (χ1n) is 9.06. The van der Waals surface area contributed by atoms with E-state index in [9.17, 15) is 18.0 Å². The molecule has 2 amide bonds. The summed E-state index contributed by atoms with van der Waals surface area (Å²) in [7, 11) is -2.19. The Bertz CT molecular complexity index is 1150. The van der Waals surface area contributed by atoms with Gasteiger partial charge in [-0.1, -0.05) is 0 Å². The third kappa shape index (κ3) is 4.94. The highest BCUT2D eigenvalue weighted by molar-refractivity contribution is 7.89. The van der Waals surface area contributed by atoms with Crippen LogP contribution in [0.25, 0.3) is 0 Å². The molecule has 0 aliphatic heterocycles. The Hall–Kier alpha value is -3.43. The van der Waals surface area contributed by atoms with Gasteiger partial charge in [-0.25, -0.2) is 13.1 Å². The summed E-state index contributed by atoms with van der Waals surface area (Å²) in [6, 6.07) is 13.9. The molecule has 0 aliphatic rings. The van der Waals surface area contributed by atoms with Gasteiger partial charge < -0.3 is 15.1 Å². The van der Waals surface area contributed by atoms with Gasteiger partial charge in [-0.05, 0) is 67.1 Å². The van der Waals surface area contributed by atoms with Crippen LogP contribution in [0.1, 0.15) is 32.0 Å². The van der Waals surface area contributed by atoms with Gasteiger partial charge in [0, 0.05) is 23.9 Å². The lowest BCUT2D eigenvalue weighted by atomic mass is 10.1. The van der Waals surface area contributed by atoms with Crippen molar-refractivity contribution < 1.29 is 22.4 Å². The van der Waals surface area contributed by atoms with Crippen molar-refractivity contribution in [3.63, 3.8) is 0 Å². The zero-order valence-corrected chi connectivity index (χ0v) is 17.2. The third-order valence-corrected chi connectivity index (χ3v) is 5.82. The van der Waals surface area contributed by atoms with Gasteiger partial charge in [-0.2, -0.15) is 0 Å². The summed E-state index contributed by atoms with van der Waals surface area (Å²) >= 11 is 0. The molecule has 2 aromatic carbocycles. The second kappa shape index (κ2) is 8.93. The van der Waals surface area contributed by atoms with E-state index in [1.807, 2.05) is 0 Å². The van der Waals surface area contributed by atoms with Gasteiger partial charge in [0.2, 0.25) is 10.0 Å². The van der Waals surface area contributed by atoms with Crippen LogP contribution in [0.4, 0.5) is 5.69 Å². The number of carbonyl (C=O) groups is 2. The summed E-state index contributed by atoms with van der Waals surface area (Å²) in [5.41, 5.74) is 2.08. The largest absolute Gasteiger partial charge is 0.468 e. The number of hydrogen-bond donors (Lipinski definition) is 3. The second-order valence-electron chi connectivity index (χ2n) is 6.49. The van der Waals surface area contributed by atoms with E-state index in [0.29, 0.717) is 22.6 Å². The fourth-order valence-corrected chi connectivity index (χ4v) is 3.73. The normalized spacial score (nSPS) is 11.1. The molecule has 9 heteroatoms. The number of sulfonamides is 1. The van der Waals surface area contributed by atoms with Gasteiger partial charge >= 0.3 is 0 Å². The van der Waals surface area contributed by atoms with Crippen LogP contribution in [0.2, 0.25) is 0 Å². The average Bonchev–Trinajstić information content (AvgIpc) is 3.27. The average molecular weight is 427 g/mol. The molecular weight excluding hydrogens is 406 g/mol. The molecule has 3 aromatic rings. The molecule has 0 saturated carbocycles. The smallest absolute Gasteiger partial charge is 0.255 e. The van der Waals surface area contributed by atoms with Crippen molar-refractivity contribution in [3.05, 3.63) is 83.3 Å². The molecule has 0 aliphatic carbocycles. The quantitative estimate of drug-likeness (QED) is 0.536. The highest BCUT2D eigenvalue weighted by Crippen LogP contribution is 2.18. The maximum absolute atomic E-state index is 12.5. The van der Waals surface area contributed by atoms with Crippen molar-refractivity contribution in [3.8, 4) is 0 Å². The third-order valence-electron chi connectivity index (χ3n) is 4.41. The molecule has 0 unspecified atom stereocenters. The van der Waals surface area contributed by atoms with Crippen LogP contribution < -0.4 is 15.4 Å². The summed E-state index contributed by atoms with van der Waals surface area (Å²) < 4.78 is 32.3. The second-order valence-corrected chi connectivity index (χ2v) is 8.26. The molecule has 0 atom stereocenters. The maximum atomic E-state index is 12.5. The van der Waals surface area contributed by atoms with Crippen molar-refractivity contribution in [2.75, 3.05) is 12.4 Å². The van der Waals surface area contributed by atoms with Gasteiger partial charge in [0.25, 0.3) is 11.8 Å². The number of rotatable bonds is 7. The van der Waals surface area contributed by atoms with Gasteiger partial charge in [0.15, 0.2) is 0 Å². The predicted molar refractivity (Wildman–Crippen MR) is 112 cm³/mol. The van der Waals surface area contributed by atoms with Crippen LogP contribution >= 0.6 is 0 Å². The van der Waals surface area contributed by atoms with Crippen LogP contribution in [-0.2, 0) is 16.6 Å². The van der Waals surface area contributed by atoms with E-state index < -0.39 is 15.9 Å². The van der Waals surface area contributed by atoms with E-state index in [1.54, 1.807) is 44.3 Å². The molecule has 0 radical (unpaired) electrons. The van der Waals surface area contributed by atoms with E-state index in [2.05, 4.69) is 15.4 Å². The highest BCUT2D eigenvalue weighted by Gasteiger charge is 2.16. The number of furan rings is 1. The number of carbonyl (C=O) groups excluding carboxylic acids is 2. The SMILES string of the molecule is CNC(=O)c1ccc(NC(=O)c2ccc(S(=O)(=O)NCc3ccco3)cc2)c(C)c1. The lowest BCUT2D eigenvalue weighted by molar-refractivity contribution is 0.0962. The summed E-state index contributed by atoms with van der Waals surface area (Å²) in [5, 5.41) is 5.31. The molecule has 1 aromatic heterocycles. The minimum Gasteiger partial charge on any atom is -0.468 e. The number of hydrogen-bond acceptors (Lipinski definition) is 5. The molecule has 8 nitrogen and oxygen atoms in total. The molecule has 0 spiro atoms. The first kappa shape index (κ1) is 21.3. The number of amides is 2. The molecule has 1 heterocycles. The highest BCUT2D eigenvalue weighted by atomic mass is 32.2. The number of nitrogens with one attached hydrogen (secondary N) is 3. The van der Waals surface area contributed by atoms with Crippen LogP contribution in [0.3, 0.4) is 0 Å². The molecule has 3 N–H and O–H groups in total. The molecule has 156 valence electrons. The van der Waals surface area contributed by atoms with Crippen LogP contribution in [0.15, 0.2) is 70.2 Å². The van der Waals surface area contributed by atoms with E-state index in [-0.39, 0.29) is 17.3 Å². The molecule has 3 rings (SSSR count). The van der Waals surface area contributed by atoms with Gasteiger partial charge in [0.05, 0.1) is 17.7 Å². The lowest BCUT2D eigenvalue weighted by Gasteiger charge is -2.11. The number of benzene rings is 2. The Balaban J connectivity index is 1.68.